The lowest BCUT2D eigenvalue weighted by Crippen LogP contribution is -2.38. The SMILES string of the molecule is Cc1ccc(C)c(NS(=O)(=O)c2cc(C(=O)N3CCC(C)CC3)n(C)c2C)c1. The molecule has 152 valence electrons. The van der Waals surface area contributed by atoms with Gasteiger partial charge in [0.05, 0.1) is 5.69 Å². The summed E-state index contributed by atoms with van der Waals surface area (Å²) in [7, 11) is -2.06. The topological polar surface area (TPSA) is 71.4 Å². The van der Waals surface area contributed by atoms with Crippen LogP contribution < -0.4 is 4.72 Å². The quantitative estimate of drug-likeness (QED) is 0.847. The summed E-state index contributed by atoms with van der Waals surface area (Å²) in [6.07, 6.45) is 1.96. The number of sulfonamides is 1. The van der Waals surface area contributed by atoms with Gasteiger partial charge in [-0.25, -0.2) is 8.42 Å². The number of nitrogens with zero attached hydrogens (tertiary/aromatic N) is 2. The minimum atomic E-state index is -3.80. The molecule has 1 aliphatic rings. The van der Waals surface area contributed by atoms with E-state index in [9.17, 15) is 13.2 Å². The van der Waals surface area contributed by atoms with Gasteiger partial charge in [0.25, 0.3) is 15.9 Å². The second kappa shape index (κ2) is 7.62. The number of likely N-dealkylation sites (tertiary alicyclic amines) is 1. The molecule has 1 aromatic heterocycles. The maximum Gasteiger partial charge on any atom is 0.270 e. The van der Waals surface area contributed by atoms with Gasteiger partial charge < -0.3 is 9.47 Å². The zero-order valence-corrected chi connectivity index (χ0v) is 18.1. The van der Waals surface area contributed by atoms with Crippen molar-refractivity contribution in [3.63, 3.8) is 0 Å². The maximum absolute atomic E-state index is 13.0. The summed E-state index contributed by atoms with van der Waals surface area (Å²) in [6.45, 7) is 9.13. The van der Waals surface area contributed by atoms with E-state index in [2.05, 4.69) is 11.6 Å². The second-order valence-electron chi connectivity index (χ2n) is 7.94. The fraction of sp³-hybridized carbons (Fsp3) is 0.476. The van der Waals surface area contributed by atoms with Crippen LogP contribution in [0.15, 0.2) is 29.2 Å². The average Bonchev–Trinajstić information content (AvgIpc) is 2.94. The molecule has 28 heavy (non-hydrogen) atoms. The third-order valence-corrected chi connectivity index (χ3v) is 7.19. The molecule has 1 aliphatic heterocycles. The number of amides is 1. The van der Waals surface area contributed by atoms with Crippen LogP contribution in [-0.2, 0) is 17.1 Å². The normalized spacial score (nSPS) is 15.7. The monoisotopic (exact) mass is 403 g/mol. The molecule has 0 saturated carbocycles. The summed E-state index contributed by atoms with van der Waals surface area (Å²) in [5, 5.41) is 0. The number of aromatic nitrogens is 1. The largest absolute Gasteiger partial charge is 0.343 e. The summed E-state index contributed by atoms with van der Waals surface area (Å²) >= 11 is 0. The Balaban J connectivity index is 1.91. The van der Waals surface area contributed by atoms with E-state index in [1.54, 1.807) is 18.5 Å². The summed E-state index contributed by atoms with van der Waals surface area (Å²) < 4.78 is 30.4. The molecule has 0 spiro atoms. The van der Waals surface area contributed by atoms with Gasteiger partial charge in [0.1, 0.15) is 10.6 Å². The number of benzene rings is 1. The first-order valence-electron chi connectivity index (χ1n) is 9.66. The molecular weight excluding hydrogens is 374 g/mol. The minimum absolute atomic E-state index is 0.106. The lowest BCUT2D eigenvalue weighted by molar-refractivity contribution is 0.0687. The third kappa shape index (κ3) is 3.94. The van der Waals surface area contributed by atoms with E-state index in [1.165, 1.54) is 6.07 Å². The van der Waals surface area contributed by atoms with Crippen molar-refractivity contribution in [2.24, 2.45) is 13.0 Å². The number of hydrogen-bond acceptors (Lipinski definition) is 3. The van der Waals surface area contributed by atoms with Crippen LogP contribution in [0.5, 0.6) is 0 Å². The summed E-state index contributed by atoms with van der Waals surface area (Å²) in [5.74, 6) is 0.516. The zero-order valence-electron chi connectivity index (χ0n) is 17.2. The number of piperidine rings is 1. The Bertz CT molecular complexity index is 1000. The molecule has 0 unspecified atom stereocenters. The van der Waals surface area contributed by atoms with Crippen molar-refractivity contribution in [3.8, 4) is 0 Å². The highest BCUT2D eigenvalue weighted by atomic mass is 32.2. The molecule has 0 atom stereocenters. The molecule has 7 heteroatoms. The van der Waals surface area contributed by atoms with Gasteiger partial charge >= 0.3 is 0 Å². The molecule has 3 rings (SSSR count). The van der Waals surface area contributed by atoms with E-state index < -0.39 is 10.0 Å². The van der Waals surface area contributed by atoms with E-state index >= 15 is 0 Å². The predicted molar refractivity (Wildman–Crippen MR) is 111 cm³/mol. The van der Waals surface area contributed by atoms with E-state index in [4.69, 9.17) is 0 Å². The molecule has 2 heterocycles. The van der Waals surface area contributed by atoms with Gasteiger partial charge in [0.15, 0.2) is 0 Å². The number of hydrogen-bond donors (Lipinski definition) is 1. The lowest BCUT2D eigenvalue weighted by atomic mass is 9.99. The fourth-order valence-electron chi connectivity index (χ4n) is 3.57. The number of nitrogens with one attached hydrogen (secondary N) is 1. The van der Waals surface area contributed by atoms with E-state index in [0.717, 1.165) is 24.0 Å². The first kappa shape index (κ1) is 20.5. The van der Waals surface area contributed by atoms with Gasteiger partial charge in [-0.15, -0.1) is 0 Å². The molecule has 1 N–H and O–H groups in total. The lowest BCUT2D eigenvalue weighted by Gasteiger charge is -2.30. The Morgan fingerprint density at radius 2 is 1.75 bits per heavy atom. The number of aryl methyl sites for hydroxylation is 2. The van der Waals surface area contributed by atoms with Gasteiger partial charge in [-0.05, 0) is 62.8 Å². The van der Waals surface area contributed by atoms with Crippen molar-refractivity contribution in [2.45, 2.75) is 45.4 Å². The summed E-state index contributed by atoms with van der Waals surface area (Å²) in [4.78, 5) is 14.9. The van der Waals surface area contributed by atoms with Crippen molar-refractivity contribution >= 4 is 21.6 Å². The van der Waals surface area contributed by atoms with Gasteiger partial charge in [-0.3, -0.25) is 9.52 Å². The van der Waals surface area contributed by atoms with Crippen LogP contribution in [-0.4, -0.2) is 36.9 Å². The van der Waals surface area contributed by atoms with Gasteiger partial charge in [0, 0.05) is 25.8 Å². The zero-order chi connectivity index (χ0) is 20.6. The van der Waals surface area contributed by atoms with Crippen LogP contribution in [0.2, 0.25) is 0 Å². The minimum Gasteiger partial charge on any atom is -0.343 e. The fourth-order valence-corrected chi connectivity index (χ4v) is 4.98. The van der Waals surface area contributed by atoms with Gasteiger partial charge in [0.2, 0.25) is 0 Å². The first-order valence-corrected chi connectivity index (χ1v) is 11.1. The van der Waals surface area contributed by atoms with Crippen molar-refractivity contribution in [1.82, 2.24) is 9.47 Å². The maximum atomic E-state index is 13.0. The smallest absolute Gasteiger partial charge is 0.270 e. The molecule has 6 nitrogen and oxygen atoms in total. The third-order valence-electron chi connectivity index (χ3n) is 5.71. The highest BCUT2D eigenvalue weighted by Crippen LogP contribution is 2.26. The Labute approximate surface area is 167 Å². The van der Waals surface area contributed by atoms with Crippen LogP contribution in [0.1, 0.15) is 47.1 Å². The summed E-state index contributed by atoms with van der Waals surface area (Å²) in [5.41, 5.74) is 3.34. The van der Waals surface area contributed by atoms with Crippen molar-refractivity contribution in [2.75, 3.05) is 17.8 Å². The number of carbonyl (C=O) groups excluding carboxylic acids is 1. The second-order valence-corrected chi connectivity index (χ2v) is 9.59. The van der Waals surface area contributed by atoms with E-state index in [0.29, 0.717) is 36.1 Å². The Hall–Kier alpha value is -2.28. The van der Waals surface area contributed by atoms with E-state index in [-0.39, 0.29) is 10.8 Å². The number of carbonyl (C=O) groups is 1. The number of anilines is 1. The van der Waals surface area contributed by atoms with E-state index in [1.807, 2.05) is 36.9 Å². The summed E-state index contributed by atoms with van der Waals surface area (Å²) in [6, 6.07) is 7.14. The van der Waals surface area contributed by atoms with Crippen LogP contribution in [0, 0.1) is 26.7 Å². The van der Waals surface area contributed by atoms with Crippen LogP contribution in [0.4, 0.5) is 5.69 Å². The first-order chi connectivity index (χ1) is 13.1. The highest BCUT2D eigenvalue weighted by molar-refractivity contribution is 7.92. The molecule has 2 aromatic rings. The van der Waals surface area contributed by atoms with Crippen molar-refractivity contribution in [3.05, 3.63) is 46.8 Å². The standard InChI is InChI=1S/C21H29N3O3S/c1-14-8-10-24(11-9-14)21(25)19-13-20(17(4)23(19)5)28(26,27)22-18-12-15(2)6-7-16(18)3/h6-7,12-14,22H,8-11H2,1-5H3. The molecule has 1 amide bonds. The predicted octanol–water partition coefficient (Wildman–Crippen LogP) is 3.62. The van der Waals surface area contributed by atoms with Crippen molar-refractivity contribution in [1.29, 1.82) is 0 Å². The van der Waals surface area contributed by atoms with Gasteiger partial charge in [-0.1, -0.05) is 19.1 Å². The molecule has 0 radical (unpaired) electrons. The van der Waals surface area contributed by atoms with Gasteiger partial charge in [-0.2, -0.15) is 0 Å². The highest BCUT2D eigenvalue weighted by Gasteiger charge is 2.28. The molecule has 1 saturated heterocycles. The molecule has 1 fully saturated rings. The average molecular weight is 404 g/mol. The molecule has 1 aromatic carbocycles. The molecular formula is C21H29N3O3S. The van der Waals surface area contributed by atoms with Crippen molar-refractivity contribution < 1.29 is 13.2 Å². The molecule has 0 aliphatic carbocycles. The number of rotatable bonds is 4. The Kier molecular flexibility index (Phi) is 5.57. The van der Waals surface area contributed by atoms with Crippen LogP contribution >= 0.6 is 0 Å². The Morgan fingerprint density at radius 1 is 1.11 bits per heavy atom. The van der Waals surface area contributed by atoms with Crippen LogP contribution in [0.25, 0.3) is 0 Å². The Morgan fingerprint density at radius 3 is 2.39 bits per heavy atom. The molecule has 0 bridgehead atoms. The van der Waals surface area contributed by atoms with Crippen LogP contribution in [0.3, 0.4) is 0 Å².